The molecule has 0 aliphatic rings. The van der Waals surface area contributed by atoms with Crippen molar-refractivity contribution in [1.29, 1.82) is 5.26 Å². The number of aryl methyl sites for hydroxylation is 1. The van der Waals surface area contributed by atoms with Crippen LogP contribution < -0.4 is 0 Å². The van der Waals surface area contributed by atoms with E-state index in [4.69, 9.17) is 23.2 Å². The number of carbonyl (C=O) groups is 1. The third-order valence-corrected chi connectivity index (χ3v) is 3.47. The van der Waals surface area contributed by atoms with Crippen molar-refractivity contribution in [2.75, 3.05) is 0 Å². The first-order chi connectivity index (χ1) is 9.52. The minimum Gasteiger partial charge on any atom is -0.292 e. The Balaban J connectivity index is 2.45. The predicted octanol–water partition coefficient (Wildman–Crippen LogP) is 4.79. The molecule has 0 amide bonds. The number of Topliss-reactive ketones (excluding diaryl/α,β-unsaturated/α-hetero) is 1. The highest BCUT2D eigenvalue weighted by molar-refractivity contribution is 6.35. The van der Waals surface area contributed by atoms with Crippen LogP contribution in [0.15, 0.2) is 42.5 Å². The molecule has 0 saturated heterocycles. The average molecular weight is 304 g/mol. The maximum Gasteiger partial charge on any atom is 0.184 e. The van der Waals surface area contributed by atoms with Crippen molar-refractivity contribution in [3.8, 4) is 6.07 Å². The molecule has 0 aliphatic carbocycles. The summed E-state index contributed by atoms with van der Waals surface area (Å²) in [6, 6.07) is 14.0. The SMILES string of the molecule is Cc1ccccc1C(C#N)C(=O)c1cc(Cl)cc(Cl)c1. The second-order valence-corrected chi connectivity index (χ2v) is 5.31. The summed E-state index contributed by atoms with van der Waals surface area (Å²) in [6.07, 6.45) is 0. The topological polar surface area (TPSA) is 40.9 Å². The molecule has 100 valence electrons. The summed E-state index contributed by atoms with van der Waals surface area (Å²) in [7, 11) is 0. The first-order valence-corrected chi connectivity index (χ1v) is 6.74. The monoisotopic (exact) mass is 303 g/mol. The van der Waals surface area contributed by atoms with E-state index in [1.54, 1.807) is 12.1 Å². The van der Waals surface area contributed by atoms with Gasteiger partial charge in [-0.25, -0.2) is 0 Å². The molecule has 1 unspecified atom stereocenters. The van der Waals surface area contributed by atoms with Gasteiger partial charge in [0.25, 0.3) is 0 Å². The lowest BCUT2D eigenvalue weighted by Gasteiger charge is -2.12. The van der Waals surface area contributed by atoms with Crippen LogP contribution in [0.2, 0.25) is 10.0 Å². The Morgan fingerprint density at radius 2 is 1.75 bits per heavy atom. The second kappa shape index (κ2) is 6.09. The molecule has 1 atom stereocenters. The van der Waals surface area contributed by atoms with Gasteiger partial charge in [0.2, 0.25) is 0 Å². The summed E-state index contributed by atoms with van der Waals surface area (Å²) >= 11 is 11.8. The van der Waals surface area contributed by atoms with Crippen molar-refractivity contribution in [2.24, 2.45) is 0 Å². The number of benzene rings is 2. The molecule has 0 saturated carbocycles. The summed E-state index contributed by atoms with van der Waals surface area (Å²) in [5.41, 5.74) is 1.95. The zero-order valence-corrected chi connectivity index (χ0v) is 12.2. The minimum absolute atomic E-state index is 0.300. The van der Waals surface area contributed by atoms with E-state index in [0.717, 1.165) is 5.56 Å². The molecule has 0 heterocycles. The third kappa shape index (κ3) is 3.01. The summed E-state index contributed by atoms with van der Waals surface area (Å²) in [5, 5.41) is 10.1. The van der Waals surface area contributed by atoms with Crippen LogP contribution in [0.4, 0.5) is 0 Å². The molecular weight excluding hydrogens is 293 g/mol. The number of nitriles is 1. The lowest BCUT2D eigenvalue weighted by molar-refractivity contribution is 0.0978. The smallest absolute Gasteiger partial charge is 0.184 e. The van der Waals surface area contributed by atoms with Crippen LogP contribution in [0.1, 0.15) is 27.4 Å². The molecule has 2 aromatic carbocycles. The molecule has 0 N–H and O–H groups in total. The molecule has 4 heteroatoms. The van der Waals surface area contributed by atoms with Gasteiger partial charge in [0.15, 0.2) is 5.78 Å². The zero-order chi connectivity index (χ0) is 14.7. The predicted molar refractivity (Wildman–Crippen MR) is 80.3 cm³/mol. The molecule has 0 bridgehead atoms. The van der Waals surface area contributed by atoms with Crippen LogP contribution in [0.3, 0.4) is 0 Å². The van der Waals surface area contributed by atoms with Crippen molar-refractivity contribution < 1.29 is 4.79 Å². The molecule has 0 fully saturated rings. The second-order valence-electron chi connectivity index (χ2n) is 4.44. The van der Waals surface area contributed by atoms with Crippen LogP contribution in [-0.2, 0) is 0 Å². The largest absolute Gasteiger partial charge is 0.292 e. The van der Waals surface area contributed by atoms with Crippen LogP contribution in [0, 0.1) is 18.3 Å². The summed E-state index contributed by atoms with van der Waals surface area (Å²) in [6.45, 7) is 1.87. The van der Waals surface area contributed by atoms with E-state index in [1.807, 2.05) is 25.1 Å². The van der Waals surface area contributed by atoms with Gasteiger partial charge in [0, 0.05) is 15.6 Å². The maximum atomic E-state index is 12.5. The summed E-state index contributed by atoms with van der Waals surface area (Å²) in [5.74, 6) is -1.16. The third-order valence-electron chi connectivity index (χ3n) is 3.04. The van der Waals surface area contributed by atoms with E-state index >= 15 is 0 Å². The Bertz CT molecular complexity index is 684. The van der Waals surface area contributed by atoms with Gasteiger partial charge >= 0.3 is 0 Å². The van der Waals surface area contributed by atoms with Gasteiger partial charge in [-0.1, -0.05) is 47.5 Å². The van der Waals surface area contributed by atoms with E-state index in [2.05, 4.69) is 6.07 Å². The highest BCUT2D eigenvalue weighted by Gasteiger charge is 2.23. The zero-order valence-electron chi connectivity index (χ0n) is 10.7. The number of carbonyl (C=O) groups excluding carboxylic acids is 1. The van der Waals surface area contributed by atoms with Crippen molar-refractivity contribution >= 4 is 29.0 Å². The van der Waals surface area contributed by atoms with Crippen molar-refractivity contribution in [3.63, 3.8) is 0 Å². The van der Waals surface area contributed by atoms with Gasteiger partial charge in [0.05, 0.1) is 6.07 Å². The Morgan fingerprint density at radius 3 is 2.30 bits per heavy atom. The Labute approximate surface area is 127 Å². The van der Waals surface area contributed by atoms with E-state index < -0.39 is 5.92 Å². The van der Waals surface area contributed by atoms with Crippen LogP contribution >= 0.6 is 23.2 Å². The van der Waals surface area contributed by atoms with E-state index in [9.17, 15) is 10.1 Å². The lowest BCUT2D eigenvalue weighted by Crippen LogP contribution is -2.12. The molecule has 0 spiro atoms. The standard InChI is InChI=1S/C16H11Cl2NO/c1-10-4-2-3-5-14(10)15(9-19)16(20)11-6-12(17)8-13(18)7-11/h2-8,15H,1H3. The molecule has 0 radical (unpaired) electrons. The fraction of sp³-hybridized carbons (Fsp3) is 0.125. The minimum atomic E-state index is -0.856. The normalized spacial score (nSPS) is 11.7. The number of halogens is 2. The molecular formula is C16H11Cl2NO. The fourth-order valence-electron chi connectivity index (χ4n) is 2.04. The van der Waals surface area contributed by atoms with Crippen LogP contribution in [-0.4, -0.2) is 5.78 Å². The molecule has 0 aromatic heterocycles. The molecule has 0 aliphatic heterocycles. The molecule has 2 rings (SSSR count). The fourth-order valence-corrected chi connectivity index (χ4v) is 2.57. The Kier molecular flexibility index (Phi) is 4.44. The Morgan fingerprint density at radius 1 is 1.15 bits per heavy atom. The first-order valence-electron chi connectivity index (χ1n) is 5.98. The maximum absolute atomic E-state index is 12.5. The van der Waals surface area contributed by atoms with Gasteiger partial charge in [-0.05, 0) is 36.2 Å². The van der Waals surface area contributed by atoms with Gasteiger partial charge in [-0.3, -0.25) is 4.79 Å². The number of hydrogen-bond acceptors (Lipinski definition) is 2. The Hall–Kier alpha value is -1.82. The lowest BCUT2D eigenvalue weighted by atomic mass is 9.89. The molecule has 2 nitrogen and oxygen atoms in total. The van der Waals surface area contributed by atoms with E-state index in [0.29, 0.717) is 21.2 Å². The number of nitrogens with zero attached hydrogens (tertiary/aromatic N) is 1. The molecule has 20 heavy (non-hydrogen) atoms. The highest BCUT2D eigenvalue weighted by Crippen LogP contribution is 2.26. The highest BCUT2D eigenvalue weighted by atomic mass is 35.5. The number of rotatable bonds is 3. The van der Waals surface area contributed by atoms with E-state index in [-0.39, 0.29) is 5.78 Å². The van der Waals surface area contributed by atoms with Gasteiger partial charge < -0.3 is 0 Å². The number of hydrogen-bond donors (Lipinski definition) is 0. The van der Waals surface area contributed by atoms with Crippen LogP contribution in [0.5, 0.6) is 0 Å². The van der Waals surface area contributed by atoms with E-state index in [1.165, 1.54) is 12.1 Å². The van der Waals surface area contributed by atoms with Gasteiger partial charge in [-0.2, -0.15) is 5.26 Å². The van der Waals surface area contributed by atoms with Crippen LogP contribution in [0.25, 0.3) is 0 Å². The molecule has 2 aromatic rings. The van der Waals surface area contributed by atoms with Crippen molar-refractivity contribution in [1.82, 2.24) is 0 Å². The first kappa shape index (κ1) is 14.6. The summed E-state index contributed by atoms with van der Waals surface area (Å²) < 4.78 is 0. The van der Waals surface area contributed by atoms with Crippen molar-refractivity contribution in [2.45, 2.75) is 12.8 Å². The quantitative estimate of drug-likeness (QED) is 0.765. The summed E-state index contributed by atoms with van der Waals surface area (Å²) in [4.78, 5) is 12.5. The average Bonchev–Trinajstić information content (AvgIpc) is 2.40. The number of ketones is 1. The van der Waals surface area contributed by atoms with Gasteiger partial charge in [-0.15, -0.1) is 0 Å². The van der Waals surface area contributed by atoms with Crippen molar-refractivity contribution in [3.05, 3.63) is 69.2 Å². The van der Waals surface area contributed by atoms with Gasteiger partial charge in [0.1, 0.15) is 5.92 Å².